The second-order valence-electron chi connectivity index (χ2n) is 10.8. The summed E-state index contributed by atoms with van der Waals surface area (Å²) < 4.78 is 0. The molecule has 4 aromatic carbocycles. The van der Waals surface area contributed by atoms with Gasteiger partial charge in [-0.15, -0.1) is 0 Å². The topological polar surface area (TPSA) is 51.6 Å². The molecule has 0 saturated carbocycles. The van der Waals surface area contributed by atoms with Crippen LogP contribution in [0.15, 0.2) is 159 Å². The molecule has 0 radical (unpaired) electrons. The highest BCUT2D eigenvalue weighted by atomic mass is 14.6. The number of hydrogen-bond donors (Lipinski definition) is 0. The summed E-state index contributed by atoms with van der Waals surface area (Å²) in [6.07, 6.45) is 15.0. The predicted octanol–water partition coefficient (Wildman–Crippen LogP) is 9.91. The molecule has 4 aromatic heterocycles. The van der Waals surface area contributed by atoms with Gasteiger partial charge in [-0.25, -0.2) is 0 Å². The maximum atomic E-state index is 4.47. The Hall–Kier alpha value is -6.00. The Morgan fingerprint density at radius 1 is 0.273 bits per heavy atom. The first-order valence-electron chi connectivity index (χ1n) is 14.6. The number of nitrogens with zero attached hydrogens (tertiary/aromatic N) is 4. The fraction of sp³-hybridized carbons (Fsp3) is 0. The molecule has 0 N–H and O–H groups in total. The Bertz CT molecular complexity index is 2090. The second kappa shape index (κ2) is 11.0. The van der Waals surface area contributed by atoms with Crippen molar-refractivity contribution in [1.29, 1.82) is 0 Å². The fourth-order valence-electron chi connectivity index (χ4n) is 6.17. The van der Waals surface area contributed by atoms with Gasteiger partial charge in [-0.2, -0.15) is 0 Å². The van der Waals surface area contributed by atoms with Gasteiger partial charge in [0.1, 0.15) is 0 Å². The highest BCUT2D eigenvalue weighted by Gasteiger charge is 2.16. The zero-order chi connectivity index (χ0) is 29.3. The largest absolute Gasteiger partial charge is 0.264 e. The minimum absolute atomic E-state index is 1.08. The van der Waals surface area contributed by atoms with Crippen molar-refractivity contribution in [2.45, 2.75) is 0 Å². The van der Waals surface area contributed by atoms with E-state index in [1.807, 2.05) is 73.8 Å². The highest BCUT2D eigenvalue weighted by molar-refractivity contribution is 6.10. The Kier molecular flexibility index (Phi) is 6.43. The highest BCUT2D eigenvalue weighted by Crippen LogP contribution is 2.42. The third-order valence-corrected chi connectivity index (χ3v) is 8.22. The Morgan fingerprint density at radius 3 is 0.977 bits per heavy atom. The molecule has 0 aliphatic heterocycles. The van der Waals surface area contributed by atoms with Crippen LogP contribution in [0.4, 0.5) is 0 Å². The van der Waals surface area contributed by atoms with Gasteiger partial charge in [0, 0.05) is 71.8 Å². The molecule has 0 unspecified atom stereocenters. The molecule has 0 amide bonds. The van der Waals surface area contributed by atoms with Crippen molar-refractivity contribution in [2.24, 2.45) is 0 Å². The van der Waals surface area contributed by atoms with Gasteiger partial charge in [0.15, 0.2) is 0 Å². The van der Waals surface area contributed by atoms with Crippen molar-refractivity contribution >= 4 is 21.5 Å². The van der Waals surface area contributed by atoms with E-state index in [4.69, 9.17) is 0 Å². The molecule has 4 heterocycles. The van der Waals surface area contributed by atoms with Crippen molar-refractivity contribution in [2.75, 3.05) is 0 Å². The first kappa shape index (κ1) is 25.7. The average Bonchev–Trinajstić information content (AvgIpc) is 3.11. The summed E-state index contributed by atoms with van der Waals surface area (Å²) in [5.74, 6) is 0. The quantitative estimate of drug-likeness (QED) is 0.209. The van der Waals surface area contributed by atoms with Crippen LogP contribution in [0.25, 0.3) is 77.2 Å². The molecule has 4 heteroatoms. The zero-order valence-electron chi connectivity index (χ0n) is 23.8. The van der Waals surface area contributed by atoms with Gasteiger partial charge in [-0.3, -0.25) is 19.9 Å². The molecule has 0 spiro atoms. The van der Waals surface area contributed by atoms with Crippen LogP contribution in [-0.4, -0.2) is 19.9 Å². The number of benzene rings is 4. The van der Waals surface area contributed by atoms with E-state index >= 15 is 0 Å². The smallest absolute Gasteiger partial charge is 0.0346 e. The number of hydrogen-bond acceptors (Lipinski definition) is 4. The summed E-state index contributed by atoms with van der Waals surface area (Å²) in [5.41, 5.74) is 11.1. The lowest BCUT2D eigenvalue weighted by atomic mass is 9.87. The Labute approximate surface area is 255 Å². The summed E-state index contributed by atoms with van der Waals surface area (Å²) >= 11 is 0. The molecular formula is C40H26N4. The van der Waals surface area contributed by atoms with Gasteiger partial charge in [0.25, 0.3) is 0 Å². The van der Waals surface area contributed by atoms with Gasteiger partial charge in [-0.1, -0.05) is 60.7 Å². The van der Waals surface area contributed by atoms with Gasteiger partial charge in [-0.05, 0) is 103 Å². The van der Waals surface area contributed by atoms with Crippen LogP contribution >= 0.6 is 0 Å². The normalized spacial score (nSPS) is 11.2. The molecule has 44 heavy (non-hydrogen) atoms. The van der Waals surface area contributed by atoms with Crippen molar-refractivity contribution in [3.8, 4) is 55.6 Å². The van der Waals surface area contributed by atoms with E-state index in [2.05, 4.69) is 105 Å². The third-order valence-electron chi connectivity index (χ3n) is 8.22. The van der Waals surface area contributed by atoms with Crippen LogP contribution in [0.3, 0.4) is 0 Å². The molecule has 0 aliphatic carbocycles. The van der Waals surface area contributed by atoms with Crippen LogP contribution in [0.2, 0.25) is 0 Å². The molecule has 8 rings (SSSR count). The maximum Gasteiger partial charge on any atom is 0.0346 e. The lowest BCUT2D eigenvalue weighted by Crippen LogP contribution is -1.92. The summed E-state index contributed by atoms with van der Waals surface area (Å²) in [7, 11) is 0. The van der Waals surface area contributed by atoms with E-state index in [0.717, 1.165) is 55.6 Å². The predicted molar refractivity (Wildman–Crippen MR) is 180 cm³/mol. The third kappa shape index (κ3) is 4.59. The summed E-state index contributed by atoms with van der Waals surface area (Å²) in [4.78, 5) is 17.8. The molecular weight excluding hydrogens is 536 g/mol. The second-order valence-corrected chi connectivity index (χ2v) is 10.8. The number of aromatic nitrogens is 4. The molecule has 206 valence electrons. The molecule has 0 bridgehead atoms. The van der Waals surface area contributed by atoms with E-state index < -0.39 is 0 Å². The average molecular weight is 563 g/mol. The minimum Gasteiger partial charge on any atom is -0.264 e. The minimum atomic E-state index is 1.08. The Balaban J connectivity index is 1.46. The van der Waals surface area contributed by atoms with E-state index in [1.165, 1.54) is 21.5 Å². The van der Waals surface area contributed by atoms with E-state index in [-0.39, 0.29) is 0 Å². The summed E-state index contributed by atoms with van der Waals surface area (Å²) in [6, 6.07) is 38.7. The van der Waals surface area contributed by atoms with E-state index in [1.54, 1.807) is 0 Å². The van der Waals surface area contributed by atoms with Gasteiger partial charge >= 0.3 is 0 Å². The van der Waals surface area contributed by atoms with Crippen LogP contribution in [0.1, 0.15) is 0 Å². The van der Waals surface area contributed by atoms with Gasteiger partial charge in [0.05, 0.1) is 0 Å². The maximum absolute atomic E-state index is 4.47. The first-order chi connectivity index (χ1) is 21.8. The lowest BCUT2D eigenvalue weighted by Gasteiger charge is -2.17. The van der Waals surface area contributed by atoms with Crippen LogP contribution in [0.5, 0.6) is 0 Å². The fourth-order valence-corrected chi connectivity index (χ4v) is 6.17. The number of fused-ring (bicyclic) bond motifs is 2. The van der Waals surface area contributed by atoms with Crippen molar-refractivity contribution < 1.29 is 0 Å². The molecule has 4 nitrogen and oxygen atoms in total. The monoisotopic (exact) mass is 562 g/mol. The van der Waals surface area contributed by atoms with Crippen molar-refractivity contribution in [3.05, 3.63) is 159 Å². The SMILES string of the molecule is c1cncc(-c2cc(-c3cc(-c4cccnc4)c4cccc(-c5cccnc5)c4c3)cc3c(-c4cccnc4)cccc23)c1. The molecule has 0 atom stereocenters. The van der Waals surface area contributed by atoms with Gasteiger partial charge < -0.3 is 0 Å². The lowest BCUT2D eigenvalue weighted by molar-refractivity contribution is 1.33. The zero-order valence-corrected chi connectivity index (χ0v) is 23.8. The van der Waals surface area contributed by atoms with Crippen LogP contribution < -0.4 is 0 Å². The van der Waals surface area contributed by atoms with Crippen LogP contribution in [0, 0.1) is 0 Å². The van der Waals surface area contributed by atoms with Crippen molar-refractivity contribution in [3.63, 3.8) is 0 Å². The van der Waals surface area contributed by atoms with E-state index in [0.29, 0.717) is 0 Å². The molecule has 0 fully saturated rings. The van der Waals surface area contributed by atoms with Crippen LogP contribution in [-0.2, 0) is 0 Å². The summed E-state index contributed by atoms with van der Waals surface area (Å²) in [5, 5.41) is 4.68. The first-order valence-corrected chi connectivity index (χ1v) is 14.6. The molecule has 0 saturated heterocycles. The summed E-state index contributed by atoms with van der Waals surface area (Å²) in [6.45, 7) is 0. The molecule has 8 aromatic rings. The number of rotatable bonds is 5. The number of pyridine rings is 4. The standard InChI is InChI=1S/C40H26N4/c1-11-33(27-7-3-15-41-23-27)39-21-31(19-37(35(39)13-1)29-9-5-17-43-25-29)32-20-38(30-10-6-18-44-26-30)36-14-2-12-34(40(36)22-32)28-8-4-16-42-24-28/h1-26H. The van der Waals surface area contributed by atoms with Crippen molar-refractivity contribution in [1.82, 2.24) is 19.9 Å². The molecule has 0 aliphatic rings. The van der Waals surface area contributed by atoms with E-state index in [9.17, 15) is 0 Å². The van der Waals surface area contributed by atoms with Gasteiger partial charge in [0.2, 0.25) is 0 Å². The Morgan fingerprint density at radius 2 is 0.636 bits per heavy atom.